The van der Waals surface area contributed by atoms with Gasteiger partial charge in [0.05, 0.1) is 13.2 Å². The molecule has 0 bridgehead atoms. The highest BCUT2D eigenvalue weighted by molar-refractivity contribution is 6.30. The Balaban J connectivity index is 2.19. The number of hydrogen-bond acceptors (Lipinski definition) is 4. The zero-order valence-corrected chi connectivity index (χ0v) is 15.6. The van der Waals surface area contributed by atoms with Crippen molar-refractivity contribution in [1.29, 1.82) is 0 Å². The summed E-state index contributed by atoms with van der Waals surface area (Å²) >= 11 is 5.91. The first-order chi connectivity index (χ1) is 12.3. The molecule has 0 saturated carbocycles. The third-order valence-corrected chi connectivity index (χ3v) is 4.29. The number of nitrogens with two attached hydrogens (primary N) is 1. The molecular weight excluding hydrogens is 356 g/mol. The summed E-state index contributed by atoms with van der Waals surface area (Å²) in [4.78, 5) is 25.3. The van der Waals surface area contributed by atoms with Gasteiger partial charge < -0.3 is 20.1 Å². The van der Waals surface area contributed by atoms with Crippen molar-refractivity contribution in [2.75, 3.05) is 20.8 Å². The molecule has 0 aliphatic heterocycles. The highest BCUT2D eigenvalue weighted by Gasteiger charge is 2.20. The van der Waals surface area contributed by atoms with Crippen LogP contribution in [0.5, 0.6) is 11.5 Å². The Morgan fingerprint density at radius 3 is 2.38 bits per heavy atom. The van der Waals surface area contributed by atoms with E-state index < -0.39 is 5.91 Å². The first kappa shape index (κ1) is 19.6. The average molecular weight is 377 g/mol. The molecule has 138 valence electrons. The number of amides is 2. The van der Waals surface area contributed by atoms with Gasteiger partial charge in [0.2, 0.25) is 0 Å². The molecule has 6 nitrogen and oxygen atoms in total. The van der Waals surface area contributed by atoms with Gasteiger partial charge in [0, 0.05) is 17.6 Å². The van der Waals surface area contributed by atoms with Crippen molar-refractivity contribution >= 4 is 23.4 Å². The average Bonchev–Trinajstić information content (AvgIpc) is 2.65. The van der Waals surface area contributed by atoms with E-state index in [1.807, 2.05) is 19.1 Å². The van der Waals surface area contributed by atoms with Crippen molar-refractivity contribution in [2.45, 2.75) is 13.0 Å². The van der Waals surface area contributed by atoms with Gasteiger partial charge in [-0.15, -0.1) is 0 Å². The summed E-state index contributed by atoms with van der Waals surface area (Å²) in [6.07, 6.45) is 0. The summed E-state index contributed by atoms with van der Waals surface area (Å²) in [6.45, 7) is 1.67. The van der Waals surface area contributed by atoms with Crippen molar-refractivity contribution < 1.29 is 19.1 Å². The standard InChI is InChI=1S/C19H21ClN2O4/c1-12(13-4-7-15(20)8-5-13)22(2)19(24)14-6-9-16(17(10-14)25-3)26-11-18(21)23/h4-10,12H,11H2,1-3H3,(H2,21,23). The first-order valence-electron chi connectivity index (χ1n) is 7.95. The maximum Gasteiger partial charge on any atom is 0.255 e. The van der Waals surface area contributed by atoms with Crippen LogP contribution in [0.2, 0.25) is 5.02 Å². The first-order valence-corrected chi connectivity index (χ1v) is 8.33. The summed E-state index contributed by atoms with van der Waals surface area (Å²) < 4.78 is 10.5. The van der Waals surface area contributed by atoms with Crippen LogP contribution in [-0.2, 0) is 4.79 Å². The number of methoxy groups -OCH3 is 1. The highest BCUT2D eigenvalue weighted by Crippen LogP contribution is 2.30. The lowest BCUT2D eigenvalue weighted by atomic mass is 10.1. The zero-order valence-electron chi connectivity index (χ0n) is 14.9. The molecule has 0 heterocycles. The fraction of sp³-hybridized carbons (Fsp3) is 0.263. The van der Waals surface area contributed by atoms with E-state index in [9.17, 15) is 9.59 Å². The maximum atomic E-state index is 12.8. The van der Waals surface area contributed by atoms with Gasteiger partial charge in [-0.2, -0.15) is 0 Å². The van der Waals surface area contributed by atoms with E-state index in [1.54, 1.807) is 42.3 Å². The molecule has 0 aromatic heterocycles. The molecule has 7 heteroatoms. The Morgan fingerprint density at radius 1 is 1.15 bits per heavy atom. The summed E-state index contributed by atoms with van der Waals surface area (Å²) in [7, 11) is 3.19. The van der Waals surface area contributed by atoms with Crippen LogP contribution in [0.1, 0.15) is 28.9 Å². The van der Waals surface area contributed by atoms with E-state index in [0.29, 0.717) is 22.1 Å². The Hall–Kier alpha value is -2.73. The van der Waals surface area contributed by atoms with Crippen molar-refractivity contribution in [3.05, 3.63) is 58.6 Å². The van der Waals surface area contributed by atoms with Crippen LogP contribution < -0.4 is 15.2 Å². The van der Waals surface area contributed by atoms with Crippen molar-refractivity contribution in [1.82, 2.24) is 4.90 Å². The minimum atomic E-state index is -0.594. The second-order valence-corrected chi connectivity index (χ2v) is 6.20. The molecule has 0 saturated heterocycles. The minimum Gasteiger partial charge on any atom is -0.493 e. The van der Waals surface area contributed by atoms with Crippen LogP contribution in [0.3, 0.4) is 0 Å². The quantitative estimate of drug-likeness (QED) is 0.805. The third kappa shape index (κ3) is 4.67. The molecule has 1 atom stereocenters. The Bertz CT molecular complexity index is 793. The van der Waals surface area contributed by atoms with Crippen molar-refractivity contribution in [3.8, 4) is 11.5 Å². The summed E-state index contributed by atoms with van der Waals surface area (Å²) in [5.74, 6) is -0.0724. The van der Waals surface area contributed by atoms with Crippen LogP contribution in [0, 0.1) is 0 Å². The van der Waals surface area contributed by atoms with Crippen LogP contribution >= 0.6 is 11.6 Å². The van der Waals surface area contributed by atoms with Gasteiger partial charge in [0.1, 0.15) is 0 Å². The minimum absolute atomic E-state index is 0.142. The lowest BCUT2D eigenvalue weighted by Gasteiger charge is -2.26. The predicted molar refractivity (Wildman–Crippen MR) is 99.6 cm³/mol. The summed E-state index contributed by atoms with van der Waals surface area (Å²) in [6, 6.07) is 12.0. The Labute approximate surface area is 157 Å². The molecule has 2 rings (SSSR count). The van der Waals surface area contributed by atoms with Gasteiger partial charge in [-0.1, -0.05) is 23.7 Å². The number of nitrogens with zero attached hydrogens (tertiary/aromatic N) is 1. The lowest BCUT2D eigenvalue weighted by molar-refractivity contribution is -0.119. The maximum absolute atomic E-state index is 12.8. The number of carbonyl (C=O) groups is 2. The zero-order chi connectivity index (χ0) is 19.3. The molecule has 0 spiro atoms. The van der Waals surface area contributed by atoms with Gasteiger partial charge in [0.15, 0.2) is 18.1 Å². The van der Waals surface area contributed by atoms with Gasteiger partial charge in [0.25, 0.3) is 11.8 Å². The molecule has 26 heavy (non-hydrogen) atoms. The molecular formula is C19H21ClN2O4. The van der Waals surface area contributed by atoms with Crippen molar-refractivity contribution in [3.63, 3.8) is 0 Å². The van der Waals surface area contributed by atoms with E-state index in [4.69, 9.17) is 26.8 Å². The van der Waals surface area contributed by atoms with E-state index in [0.717, 1.165) is 5.56 Å². The molecule has 2 N–H and O–H groups in total. The van der Waals surface area contributed by atoms with Crippen LogP contribution in [0.15, 0.2) is 42.5 Å². The SMILES string of the molecule is COc1cc(C(=O)N(C)C(C)c2ccc(Cl)cc2)ccc1OCC(N)=O. The summed E-state index contributed by atoms with van der Waals surface area (Å²) in [5, 5.41) is 0.645. The van der Waals surface area contributed by atoms with Gasteiger partial charge in [-0.05, 0) is 42.8 Å². The number of rotatable bonds is 7. The van der Waals surface area contributed by atoms with E-state index >= 15 is 0 Å². The second kappa shape index (κ2) is 8.58. The van der Waals surface area contributed by atoms with Crippen LogP contribution in [-0.4, -0.2) is 37.5 Å². The fourth-order valence-electron chi connectivity index (χ4n) is 2.41. The number of halogens is 1. The Kier molecular flexibility index (Phi) is 6.46. The molecule has 0 aliphatic carbocycles. The number of primary amides is 1. The predicted octanol–water partition coefficient (Wildman–Crippen LogP) is 3.05. The van der Waals surface area contributed by atoms with Crippen LogP contribution in [0.25, 0.3) is 0 Å². The summed E-state index contributed by atoms with van der Waals surface area (Å²) in [5.41, 5.74) is 6.49. The highest BCUT2D eigenvalue weighted by atomic mass is 35.5. The second-order valence-electron chi connectivity index (χ2n) is 5.76. The molecule has 2 amide bonds. The number of benzene rings is 2. The van der Waals surface area contributed by atoms with Crippen LogP contribution in [0.4, 0.5) is 0 Å². The van der Waals surface area contributed by atoms with Gasteiger partial charge >= 0.3 is 0 Å². The van der Waals surface area contributed by atoms with E-state index in [2.05, 4.69) is 0 Å². The number of ether oxygens (including phenoxy) is 2. The largest absolute Gasteiger partial charge is 0.493 e. The van der Waals surface area contributed by atoms with E-state index in [1.165, 1.54) is 7.11 Å². The fourth-order valence-corrected chi connectivity index (χ4v) is 2.54. The molecule has 2 aromatic rings. The van der Waals surface area contributed by atoms with Crippen molar-refractivity contribution in [2.24, 2.45) is 5.73 Å². The molecule has 2 aromatic carbocycles. The van der Waals surface area contributed by atoms with Gasteiger partial charge in [-0.25, -0.2) is 0 Å². The lowest BCUT2D eigenvalue weighted by Crippen LogP contribution is -2.29. The molecule has 0 aliphatic rings. The third-order valence-electron chi connectivity index (χ3n) is 4.03. The monoisotopic (exact) mass is 376 g/mol. The number of hydrogen-bond donors (Lipinski definition) is 1. The normalized spacial score (nSPS) is 11.5. The molecule has 0 radical (unpaired) electrons. The Morgan fingerprint density at radius 2 is 1.81 bits per heavy atom. The number of carbonyl (C=O) groups excluding carboxylic acids is 2. The topological polar surface area (TPSA) is 81.9 Å². The van der Waals surface area contributed by atoms with Gasteiger partial charge in [-0.3, -0.25) is 9.59 Å². The smallest absolute Gasteiger partial charge is 0.255 e. The molecule has 0 fully saturated rings. The molecule has 1 unspecified atom stereocenters. The van der Waals surface area contributed by atoms with E-state index in [-0.39, 0.29) is 18.6 Å².